The summed E-state index contributed by atoms with van der Waals surface area (Å²) in [6.45, 7) is 1.56. The number of hydrogen-bond donors (Lipinski definition) is 1. The summed E-state index contributed by atoms with van der Waals surface area (Å²) in [5, 5.41) is 3.19. The van der Waals surface area contributed by atoms with Gasteiger partial charge in [0, 0.05) is 29.8 Å². The van der Waals surface area contributed by atoms with Gasteiger partial charge in [-0.25, -0.2) is 4.98 Å². The van der Waals surface area contributed by atoms with Gasteiger partial charge in [-0.2, -0.15) is 0 Å². The number of pyridine rings is 1. The van der Waals surface area contributed by atoms with E-state index in [0.717, 1.165) is 24.0 Å². The maximum absolute atomic E-state index is 12.1. The molecule has 1 aliphatic heterocycles. The molecule has 0 bridgehead atoms. The number of halogens is 1. The second kappa shape index (κ2) is 4.93. The molecule has 4 nitrogen and oxygen atoms in total. The molecule has 1 aromatic rings. The van der Waals surface area contributed by atoms with Crippen molar-refractivity contribution in [1.82, 2.24) is 15.2 Å². The third-order valence-corrected chi connectivity index (χ3v) is 3.48. The van der Waals surface area contributed by atoms with Gasteiger partial charge in [-0.15, -0.1) is 0 Å². The molecule has 2 heterocycles. The maximum Gasteiger partial charge on any atom is 0.273 e. The summed E-state index contributed by atoms with van der Waals surface area (Å²) in [7, 11) is 1.93. The number of nitrogens with zero attached hydrogens (tertiary/aromatic N) is 2. The largest absolute Gasteiger partial charge is 0.336 e. The van der Waals surface area contributed by atoms with Gasteiger partial charge < -0.3 is 10.2 Å². The van der Waals surface area contributed by atoms with Crippen molar-refractivity contribution < 1.29 is 4.79 Å². The lowest BCUT2D eigenvalue weighted by Crippen LogP contribution is -2.34. The van der Waals surface area contributed by atoms with Crippen molar-refractivity contribution in [2.24, 2.45) is 0 Å². The predicted molar refractivity (Wildman–Crippen MR) is 65.3 cm³/mol. The normalized spacial score (nSPS) is 20.1. The highest BCUT2D eigenvalue weighted by molar-refractivity contribution is 9.10. The third-order valence-electron chi connectivity index (χ3n) is 2.84. The molecular weight excluding hydrogens is 270 g/mol. The summed E-state index contributed by atoms with van der Waals surface area (Å²) < 4.78 is 0.757. The Balaban J connectivity index is 2.12. The molecule has 1 N–H and O–H groups in total. The van der Waals surface area contributed by atoms with Crippen LogP contribution >= 0.6 is 15.9 Å². The monoisotopic (exact) mass is 283 g/mol. The lowest BCUT2D eigenvalue weighted by atomic mass is 10.3. The van der Waals surface area contributed by atoms with Crippen molar-refractivity contribution in [3.8, 4) is 0 Å². The van der Waals surface area contributed by atoms with Gasteiger partial charge in [0.25, 0.3) is 5.91 Å². The molecule has 1 atom stereocenters. The Hall–Kier alpha value is -0.940. The van der Waals surface area contributed by atoms with Crippen LogP contribution in [0.1, 0.15) is 16.9 Å². The topological polar surface area (TPSA) is 45.2 Å². The Morgan fingerprint density at radius 1 is 1.69 bits per heavy atom. The molecule has 1 saturated heterocycles. The third kappa shape index (κ3) is 2.25. The SMILES string of the molecule is CNC1CCN(C(=O)c2ncccc2Br)C1. The Bertz CT molecular complexity index is 397. The fraction of sp³-hybridized carbons (Fsp3) is 0.455. The average molecular weight is 284 g/mol. The molecule has 1 aliphatic rings. The fourth-order valence-corrected chi connectivity index (χ4v) is 2.30. The summed E-state index contributed by atoms with van der Waals surface area (Å²) >= 11 is 3.35. The number of rotatable bonds is 2. The Kier molecular flexibility index (Phi) is 3.56. The summed E-state index contributed by atoms with van der Waals surface area (Å²) in [6, 6.07) is 4.05. The maximum atomic E-state index is 12.1. The molecule has 1 amide bonds. The molecule has 0 aliphatic carbocycles. The molecule has 1 aromatic heterocycles. The van der Waals surface area contributed by atoms with Gasteiger partial charge in [-0.05, 0) is 41.5 Å². The van der Waals surface area contributed by atoms with Gasteiger partial charge in [-0.1, -0.05) is 0 Å². The van der Waals surface area contributed by atoms with Gasteiger partial charge in [0.1, 0.15) is 5.69 Å². The van der Waals surface area contributed by atoms with Crippen LogP contribution in [0.2, 0.25) is 0 Å². The van der Waals surface area contributed by atoms with Gasteiger partial charge in [0.05, 0.1) is 0 Å². The average Bonchev–Trinajstić information content (AvgIpc) is 2.77. The molecule has 0 spiro atoms. The van der Waals surface area contributed by atoms with E-state index in [2.05, 4.69) is 26.2 Å². The predicted octanol–water partition coefficient (Wildman–Crippen LogP) is 1.28. The summed E-state index contributed by atoms with van der Waals surface area (Å²) in [6.07, 6.45) is 2.65. The van der Waals surface area contributed by atoms with Crippen LogP contribution in [0.5, 0.6) is 0 Å². The summed E-state index contributed by atoms with van der Waals surface area (Å²) in [4.78, 5) is 18.1. The number of aromatic nitrogens is 1. The van der Waals surface area contributed by atoms with Crippen LogP contribution in [0.3, 0.4) is 0 Å². The first kappa shape index (κ1) is 11.5. The van der Waals surface area contributed by atoms with Crippen LogP contribution in [0, 0.1) is 0 Å². The Morgan fingerprint density at radius 2 is 2.50 bits per heavy atom. The summed E-state index contributed by atoms with van der Waals surface area (Å²) in [5.41, 5.74) is 0.499. The van der Waals surface area contributed by atoms with Gasteiger partial charge in [0.2, 0.25) is 0 Å². The minimum absolute atomic E-state index is 0.00484. The lowest BCUT2D eigenvalue weighted by molar-refractivity contribution is 0.0783. The molecule has 2 rings (SSSR count). The Labute approximate surface area is 103 Å². The zero-order valence-electron chi connectivity index (χ0n) is 9.11. The van der Waals surface area contributed by atoms with Crippen LogP contribution < -0.4 is 5.32 Å². The van der Waals surface area contributed by atoms with Crippen molar-refractivity contribution in [3.05, 3.63) is 28.5 Å². The first-order valence-corrected chi connectivity index (χ1v) is 6.08. The molecule has 86 valence electrons. The second-order valence-corrected chi connectivity index (χ2v) is 4.71. The molecule has 1 unspecified atom stereocenters. The highest BCUT2D eigenvalue weighted by atomic mass is 79.9. The van der Waals surface area contributed by atoms with Crippen molar-refractivity contribution in [1.29, 1.82) is 0 Å². The molecule has 0 radical (unpaired) electrons. The number of amides is 1. The minimum Gasteiger partial charge on any atom is -0.336 e. The Morgan fingerprint density at radius 3 is 3.12 bits per heavy atom. The summed E-state index contributed by atoms with van der Waals surface area (Å²) in [5.74, 6) is 0.00484. The molecular formula is C11H14BrN3O. The number of nitrogens with one attached hydrogen (secondary N) is 1. The first-order valence-electron chi connectivity index (χ1n) is 5.29. The van der Waals surface area contributed by atoms with Crippen LogP contribution in [-0.4, -0.2) is 42.0 Å². The van der Waals surface area contributed by atoms with Crippen LogP contribution in [-0.2, 0) is 0 Å². The molecule has 5 heteroatoms. The quantitative estimate of drug-likeness (QED) is 0.889. The van der Waals surface area contributed by atoms with E-state index in [1.54, 1.807) is 12.3 Å². The molecule has 1 fully saturated rings. The zero-order valence-corrected chi connectivity index (χ0v) is 10.7. The van der Waals surface area contributed by atoms with Crippen LogP contribution in [0.15, 0.2) is 22.8 Å². The number of likely N-dealkylation sites (tertiary alicyclic amines) is 1. The van der Waals surface area contributed by atoms with E-state index < -0.39 is 0 Å². The molecule has 0 saturated carbocycles. The van der Waals surface area contributed by atoms with Gasteiger partial charge in [0.15, 0.2) is 0 Å². The molecule has 16 heavy (non-hydrogen) atoms. The zero-order chi connectivity index (χ0) is 11.5. The minimum atomic E-state index is 0.00484. The van der Waals surface area contributed by atoms with Crippen LogP contribution in [0.4, 0.5) is 0 Å². The van der Waals surface area contributed by atoms with E-state index in [4.69, 9.17) is 0 Å². The van der Waals surface area contributed by atoms with E-state index >= 15 is 0 Å². The van der Waals surface area contributed by atoms with E-state index in [0.29, 0.717) is 11.7 Å². The highest BCUT2D eigenvalue weighted by Gasteiger charge is 2.27. The van der Waals surface area contributed by atoms with Gasteiger partial charge in [-0.3, -0.25) is 4.79 Å². The molecule has 0 aromatic carbocycles. The number of hydrogen-bond acceptors (Lipinski definition) is 3. The van der Waals surface area contributed by atoms with E-state index in [1.807, 2.05) is 18.0 Å². The van der Waals surface area contributed by atoms with Crippen LogP contribution in [0.25, 0.3) is 0 Å². The van der Waals surface area contributed by atoms with Gasteiger partial charge >= 0.3 is 0 Å². The van der Waals surface area contributed by atoms with Crippen molar-refractivity contribution in [2.75, 3.05) is 20.1 Å². The lowest BCUT2D eigenvalue weighted by Gasteiger charge is -2.16. The first-order chi connectivity index (χ1) is 7.72. The fourth-order valence-electron chi connectivity index (χ4n) is 1.87. The standard InChI is InChI=1S/C11H14BrN3O/c1-13-8-4-6-15(7-8)11(16)10-9(12)3-2-5-14-10/h2-3,5,8,13H,4,6-7H2,1H3. The van der Waals surface area contributed by atoms with E-state index in [9.17, 15) is 4.79 Å². The second-order valence-electron chi connectivity index (χ2n) is 3.86. The van der Waals surface area contributed by atoms with E-state index in [1.165, 1.54) is 0 Å². The smallest absolute Gasteiger partial charge is 0.273 e. The van der Waals surface area contributed by atoms with Crippen molar-refractivity contribution in [3.63, 3.8) is 0 Å². The number of likely N-dealkylation sites (N-methyl/N-ethyl adjacent to an activating group) is 1. The van der Waals surface area contributed by atoms with Crippen molar-refractivity contribution in [2.45, 2.75) is 12.5 Å². The van der Waals surface area contributed by atoms with E-state index in [-0.39, 0.29) is 5.91 Å². The number of carbonyl (C=O) groups excluding carboxylic acids is 1. The number of carbonyl (C=O) groups is 1. The highest BCUT2D eigenvalue weighted by Crippen LogP contribution is 2.18. The van der Waals surface area contributed by atoms with Crippen molar-refractivity contribution >= 4 is 21.8 Å².